The number of para-hydroxylation sites is 2. The molecule has 0 saturated carbocycles. The highest BCUT2D eigenvalue weighted by molar-refractivity contribution is 5.80. The lowest BCUT2D eigenvalue weighted by Crippen LogP contribution is -2.28. The normalized spacial score (nSPS) is 11.2. The van der Waals surface area contributed by atoms with Crippen molar-refractivity contribution in [1.82, 2.24) is 14.9 Å². The number of fused-ring (bicyclic) bond motifs is 1. The van der Waals surface area contributed by atoms with Gasteiger partial charge in [0.2, 0.25) is 5.91 Å². The number of nitrogens with one attached hydrogen (secondary N) is 1. The zero-order chi connectivity index (χ0) is 17.8. The highest BCUT2D eigenvalue weighted by atomic mass is 16.1. The maximum atomic E-state index is 11.9. The van der Waals surface area contributed by atoms with Gasteiger partial charge in [-0.05, 0) is 25.0 Å². The molecule has 1 heterocycles. The van der Waals surface area contributed by atoms with Gasteiger partial charge in [0, 0.05) is 25.1 Å². The first-order chi connectivity index (χ1) is 12.0. The third kappa shape index (κ3) is 4.08. The van der Waals surface area contributed by atoms with Gasteiger partial charge in [-0.25, -0.2) is 4.98 Å². The summed E-state index contributed by atoms with van der Waals surface area (Å²) in [6, 6.07) is 16.5. The van der Waals surface area contributed by atoms with E-state index < -0.39 is 0 Å². The second-order valence-electron chi connectivity index (χ2n) is 6.89. The van der Waals surface area contributed by atoms with Crippen LogP contribution in [0.15, 0.2) is 48.5 Å². The van der Waals surface area contributed by atoms with Crippen molar-refractivity contribution < 1.29 is 4.79 Å². The molecule has 4 heteroatoms. The summed E-state index contributed by atoms with van der Waals surface area (Å²) in [5, 5.41) is 3.02. The summed E-state index contributed by atoms with van der Waals surface area (Å²) >= 11 is 0. The topological polar surface area (TPSA) is 46.9 Å². The molecule has 130 valence electrons. The van der Waals surface area contributed by atoms with Crippen LogP contribution in [0.5, 0.6) is 0 Å². The third-order valence-corrected chi connectivity index (χ3v) is 4.22. The van der Waals surface area contributed by atoms with Crippen LogP contribution in [0, 0.1) is 12.8 Å². The molecule has 3 rings (SSSR count). The van der Waals surface area contributed by atoms with E-state index in [1.807, 2.05) is 18.2 Å². The number of aromatic nitrogens is 2. The van der Waals surface area contributed by atoms with Crippen LogP contribution in [-0.4, -0.2) is 22.0 Å². The van der Waals surface area contributed by atoms with Crippen LogP contribution < -0.4 is 5.32 Å². The van der Waals surface area contributed by atoms with Crippen molar-refractivity contribution in [2.75, 3.05) is 6.54 Å². The standard InChI is InChI=1S/C21H25N3O/c1-15(2)14-20(25)22-12-13-24-19-7-5-4-6-18(19)23-21(24)17-10-8-16(3)9-11-17/h4-11,15H,12-14H2,1-3H3,(H,22,25). The number of aryl methyl sites for hydroxylation is 1. The Morgan fingerprint density at radius 2 is 1.84 bits per heavy atom. The number of hydrogen-bond donors (Lipinski definition) is 1. The van der Waals surface area contributed by atoms with Gasteiger partial charge in [0.1, 0.15) is 5.82 Å². The van der Waals surface area contributed by atoms with Crippen molar-refractivity contribution in [3.63, 3.8) is 0 Å². The summed E-state index contributed by atoms with van der Waals surface area (Å²) in [4.78, 5) is 16.7. The molecule has 25 heavy (non-hydrogen) atoms. The van der Waals surface area contributed by atoms with Gasteiger partial charge in [0.25, 0.3) is 0 Å². The number of amides is 1. The zero-order valence-corrected chi connectivity index (χ0v) is 15.1. The van der Waals surface area contributed by atoms with E-state index in [0.717, 1.165) is 22.4 Å². The lowest BCUT2D eigenvalue weighted by molar-refractivity contribution is -0.121. The average molecular weight is 335 g/mol. The van der Waals surface area contributed by atoms with Gasteiger partial charge in [-0.3, -0.25) is 4.79 Å². The minimum atomic E-state index is 0.108. The van der Waals surface area contributed by atoms with Crippen LogP contribution in [0.3, 0.4) is 0 Å². The van der Waals surface area contributed by atoms with Crippen molar-refractivity contribution in [2.45, 2.75) is 33.7 Å². The fraction of sp³-hybridized carbons (Fsp3) is 0.333. The maximum Gasteiger partial charge on any atom is 0.220 e. The number of benzene rings is 2. The van der Waals surface area contributed by atoms with Crippen LogP contribution in [0.25, 0.3) is 22.4 Å². The van der Waals surface area contributed by atoms with E-state index in [4.69, 9.17) is 4.98 Å². The predicted molar refractivity (Wildman–Crippen MR) is 102 cm³/mol. The number of carbonyl (C=O) groups is 1. The summed E-state index contributed by atoms with van der Waals surface area (Å²) in [5.41, 5.74) is 4.39. The average Bonchev–Trinajstić information content (AvgIpc) is 2.94. The van der Waals surface area contributed by atoms with E-state index in [9.17, 15) is 4.79 Å². The molecular weight excluding hydrogens is 310 g/mol. The minimum absolute atomic E-state index is 0.108. The van der Waals surface area contributed by atoms with Crippen molar-refractivity contribution >= 4 is 16.9 Å². The molecule has 0 radical (unpaired) electrons. The third-order valence-electron chi connectivity index (χ3n) is 4.22. The lowest BCUT2D eigenvalue weighted by Gasteiger charge is -2.11. The number of rotatable bonds is 6. The largest absolute Gasteiger partial charge is 0.354 e. The van der Waals surface area contributed by atoms with Gasteiger partial charge >= 0.3 is 0 Å². The van der Waals surface area contributed by atoms with Crippen LogP contribution in [0.1, 0.15) is 25.8 Å². The fourth-order valence-electron chi connectivity index (χ4n) is 2.97. The molecule has 1 aromatic heterocycles. The lowest BCUT2D eigenvalue weighted by atomic mass is 10.1. The van der Waals surface area contributed by atoms with E-state index in [2.05, 4.69) is 61.0 Å². The molecule has 4 nitrogen and oxygen atoms in total. The molecule has 0 aliphatic carbocycles. The van der Waals surface area contributed by atoms with Crippen LogP contribution in [0.4, 0.5) is 0 Å². The summed E-state index contributed by atoms with van der Waals surface area (Å²) in [6.07, 6.45) is 0.565. The fourth-order valence-corrected chi connectivity index (χ4v) is 2.97. The molecule has 0 atom stereocenters. The highest BCUT2D eigenvalue weighted by Crippen LogP contribution is 2.24. The first kappa shape index (κ1) is 17.2. The van der Waals surface area contributed by atoms with E-state index in [0.29, 0.717) is 25.4 Å². The van der Waals surface area contributed by atoms with Crippen LogP contribution in [0.2, 0.25) is 0 Å². The van der Waals surface area contributed by atoms with E-state index in [1.165, 1.54) is 5.56 Å². The molecule has 0 fully saturated rings. The van der Waals surface area contributed by atoms with E-state index in [1.54, 1.807) is 0 Å². The van der Waals surface area contributed by atoms with Gasteiger partial charge in [-0.1, -0.05) is 55.8 Å². The monoisotopic (exact) mass is 335 g/mol. The number of carbonyl (C=O) groups excluding carboxylic acids is 1. The zero-order valence-electron chi connectivity index (χ0n) is 15.1. The molecule has 0 saturated heterocycles. The molecule has 0 aliphatic rings. The highest BCUT2D eigenvalue weighted by Gasteiger charge is 2.12. The molecule has 0 unspecified atom stereocenters. The Balaban J connectivity index is 1.86. The van der Waals surface area contributed by atoms with Crippen molar-refractivity contribution in [1.29, 1.82) is 0 Å². The minimum Gasteiger partial charge on any atom is -0.354 e. The molecule has 0 aliphatic heterocycles. The van der Waals surface area contributed by atoms with E-state index in [-0.39, 0.29) is 5.91 Å². The maximum absolute atomic E-state index is 11.9. The molecule has 1 N–H and O–H groups in total. The number of imidazole rings is 1. The molecule has 2 aromatic carbocycles. The molecule has 3 aromatic rings. The summed E-state index contributed by atoms with van der Waals surface area (Å²) in [7, 11) is 0. The van der Waals surface area contributed by atoms with Crippen molar-refractivity contribution in [3.05, 3.63) is 54.1 Å². The Morgan fingerprint density at radius 1 is 1.12 bits per heavy atom. The first-order valence-electron chi connectivity index (χ1n) is 8.83. The van der Waals surface area contributed by atoms with Gasteiger partial charge in [-0.15, -0.1) is 0 Å². The van der Waals surface area contributed by atoms with Crippen LogP contribution in [-0.2, 0) is 11.3 Å². The Labute approximate surface area is 148 Å². The SMILES string of the molecule is Cc1ccc(-c2nc3ccccc3n2CCNC(=O)CC(C)C)cc1. The van der Waals surface area contributed by atoms with Crippen molar-refractivity contribution in [2.24, 2.45) is 5.92 Å². The van der Waals surface area contributed by atoms with Gasteiger partial charge in [-0.2, -0.15) is 0 Å². The summed E-state index contributed by atoms with van der Waals surface area (Å²) in [6.45, 7) is 7.49. The second kappa shape index (κ2) is 7.51. The quantitative estimate of drug-likeness (QED) is 0.735. The summed E-state index contributed by atoms with van der Waals surface area (Å²) < 4.78 is 2.19. The Hall–Kier alpha value is -2.62. The Morgan fingerprint density at radius 3 is 2.56 bits per heavy atom. The summed E-state index contributed by atoms with van der Waals surface area (Å²) in [5.74, 6) is 1.42. The predicted octanol–water partition coefficient (Wildman–Crippen LogP) is 4.17. The smallest absolute Gasteiger partial charge is 0.220 e. The Kier molecular flexibility index (Phi) is 5.17. The molecular formula is C21H25N3O. The molecule has 0 bridgehead atoms. The van der Waals surface area contributed by atoms with Gasteiger partial charge in [0.05, 0.1) is 11.0 Å². The van der Waals surface area contributed by atoms with Gasteiger partial charge in [0.15, 0.2) is 0 Å². The van der Waals surface area contributed by atoms with Gasteiger partial charge < -0.3 is 9.88 Å². The van der Waals surface area contributed by atoms with E-state index >= 15 is 0 Å². The van der Waals surface area contributed by atoms with Crippen LogP contribution >= 0.6 is 0 Å². The molecule has 0 spiro atoms. The molecule has 1 amide bonds. The van der Waals surface area contributed by atoms with Crippen molar-refractivity contribution in [3.8, 4) is 11.4 Å². The second-order valence-corrected chi connectivity index (χ2v) is 6.89. The first-order valence-corrected chi connectivity index (χ1v) is 8.83. The number of nitrogens with zero attached hydrogens (tertiary/aromatic N) is 2. The number of hydrogen-bond acceptors (Lipinski definition) is 2. The Bertz CT molecular complexity index is 862.